The molecule has 0 saturated heterocycles. The second kappa shape index (κ2) is 8.94. The third kappa shape index (κ3) is 4.25. The van der Waals surface area contributed by atoms with Crippen molar-refractivity contribution < 1.29 is 23.4 Å². The molecule has 0 spiro atoms. The van der Waals surface area contributed by atoms with Crippen LogP contribution in [0.5, 0.6) is 17.2 Å². The van der Waals surface area contributed by atoms with Crippen LogP contribution in [0.1, 0.15) is 21.7 Å². The summed E-state index contributed by atoms with van der Waals surface area (Å²) in [5.74, 6) is 1.79. The van der Waals surface area contributed by atoms with E-state index in [1.807, 2.05) is 18.2 Å². The van der Waals surface area contributed by atoms with Gasteiger partial charge >= 0.3 is 0 Å². The normalized spacial score (nSPS) is 10.4. The largest absolute Gasteiger partial charge is 0.496 e. The minimum absolute atomic E-state index is 0.224. The lowest BCUT2D eigenvalue weighted by Gasteiger charge is -2.23. The molecular formula is C21H22N2O5. The van der Waals surface area contributed by atoms with Gasteiger partial charge in [0.25, 0.3) is 5.91 Å². The fraction of sp³-hybridized carbons (Fsp3) is 0.238. The Bertz CT molecular complexity index is 910. The van der Waals surface area contributed by atoms with Gasteiger partial charge in [0.05, 0.1) is 39.7 Å². The zero-order valence-electron chi connectivity index (χ0n) is 16.0. The predicted octanol–water partition coefficient (Wildman–Crippen LogP) is 3.54. The number of carbonyl (C=O) groups excluding carboxylic acids is 1. The van der Waals surface area contributed by atoms with Gasteiger partial charge in [0.15, 0.2) is 11.5 Å². The van der Waals surface area contributed by atoms with E-state index in [4.69, 9.17) is 18.6 Å². The molecule has 0 saturated carbocycles. The Labute approximate surface area is 163 Å². The number of rotatable bonds is 8. The molecule has 0 fully saturated rings. The molecule has 7 heteroatoms. The van der Waals surface area contributed by atoms with Crippen LogP contribution in [-0.4, -0.2) is 37.1 Å². The molecule has 0 aliphatic rings. The maximum Gasteiger partial charge on any atom is 0.258 e. The molecule has 0 radical (unpaired) electrons. The van der Waals surface area contributed by atoms with Crippen LogP contribution in [0, 0.1) is 0 Å². The Balaban J connectivity index is 1.98. The fourth-order valence-corrected chi connectivity index (χ4v) is 2.87. The van der Waals surface area contributed by atoms with Crippen molar-refractivity contribution >= 4 is 5.91 Å². The number of aromatic nitrogens is 1. The van der Waals surface area contributed by atoms with E-state index in [2.05, 4.69) is 4.98 Å². The quantitative estimate of drug-likeness (QED) is 0.593. The van der Waals surface area contributed by atoms with Crippen molar-refractivity contribution in [1.29, 1.82) is 0 Å². The van der Waals surface area contributed by atoms with Gasteiger partial charge in [0.1, 0.15) is 11.5 Å². The number of amides is 1. The topological polar surface area (TPSA) is 74.0 Å². The van der Waals surface area contributed by atoms with Crippen molar-refractivity contribution in [1.82, 2.24) is 9.88 Å². The molecule has 3 rings (SSSR count). The highest BCUT2D eigenvalue weighted by Gasteiger charge is 2.24. The summed E-state index contributed by atoms with van der Waals surface area (Å²) in [7, 11) is 4.56. The van der Waals surface area contributed by atoms with Gasteiger partial charge in [-0.3, -0.25) is 9.78 Å². The first-order valence-corrected chi connectivity index (χ1v) is 8.66. The van der Waals surface area contributed by atoms with Crippen molar-refractivity contribution in [3.8, 4) is 17.2 Å². The minimum atomic E-state index is -0.224. The van der Waals surface area contributed by atoms with Gasteiger partial charge in [0.2, 0.25) is 0 Å². The molecular weight excluding hydrogens is 360 g/mol. The summed E-state index contributed by atoms with van der Waals surface area (Å²) < 4.78 is 21.5. The van der Waals surface area contributed by atoms with E-state index < -0.39 is 0 Å². The van der Waals surface area contributed by atoms with Crippen molar-refractivity contribution in [2.45, 2.75) is 13.1 Å². The lowest BCUT2D eigenvalue weighted by atomic mass is 10.1. The number of furan rings is 1. The summed E-state index contributed by atoms with van der Waals surface area (Å²) in [5.41, 5.74) is 1.28. The van der Waals surface area contributed by atoms with Gasteiger partial charge < -0.3 is 23.5 Å². The van der Waals surface area contributed by atoms with Crippen molar-refractivity contribution in [2.75, 3.05) is 21.3 Å². The molecule has 0 N–H and O–H groups in total. The van der Waals surface area contributed by atoms with E-state index in [0.717, 1.165) is 5.56 Å². The number of hydrogen-bond donors (Lipinski definition) is 0. The molecule has 0 aliphatic carbocycles. The number of benzene rings is 1. The lowest BCUT2D eigenvalue weighted by Crippen LogP contribution is -2.30. The predicted molar refractivity (Wildman–Crippen MR) is 103 cm³/mol. The molecule has 0 aliphatic heterocycles. The number of nitrogens with zero attached hydrogens (tertiary/aromatic N) is 2. The van der Waals surface area contributed by atoms with E-state index in [9.17, 15) is 4.79 Å². The van der Waals surface area contributed by atoms with Crippen LogP contribution in [0.4, 0.5) is 0 Å². The van der Waals surface area contributed by atoms with E-state index >= 15 is 0 Å². The minimum Gasteiger partial charge on any atom is -0.496 e. The summed E-state index contributed by atoms with van der Waals surface area (Å²) in [6.07, 6.45) is 5.01. The molecule has 0 bridgehead atoms. The second-order valence-corrected chi connectivity index (χ2v) is 6.01. The Morgan fingerprint density at radius 2 is 1.75 bits per heavy atom. The number of pyridine rings is 1. The smallest absolute Gasteiger partial charge is 0.258 e. The zero-order valence-corrected chi connectivity index (χ0v) is 16.0. The highest BCUT2D eigenvalue weighted by molar-refractivity contribution is 5.97. The molecule has 2 aromatic heterocycles. The van der Waals surface area contributed by atoms with Crippen LogP contribution in [0.15, 0.2) is 59.5 Å². The van der Waals surface area contributed by atoms with Crippen LogP contribution < -0.4 is 14.2 Å². The Morgan fingerprint density at radius 1 is 1.00 bits per heavy atom. The maximum absolute atomic E-state index is 13.4. The molecule has 2 heterocycles. The van der Waals surface area contributed by atoms with Gasteiger partial charge in [-0.05, 0) is 23.8 Å². The van der Waals surface area contributed by atoms with Gasteiger partial charge in [-0.15, -0.1) is 0 Å². The molecule has 1 aromatic carbocycles. The van der Waals surface area contributed by atoms with Crippen LogP contribution >= 0.6 is 0 Å². The molecule has 146 valence electrons. The number of carbonyl (C=O) groups is 1. The average Bonchev–Trinajstić information content (AvgIpc) is 3.25. The van der Waals surface area contributed by atoms with Crippen LogP contribution in [0.25, 0.3) is 0 Å². The van der Waals surface area contributed by atoms with Crippen molar-refractivity contribution in [3.63, 3.8) is 0 Å². The first-order valence-electron chi connectivity index (χ1n) is 8.66. The fourth-order valence-electron chi connectivity index (χ4n) is 2.87. The third-order valence-electron chi connectivity index (χ3n) is 4.25. The number of methoxy groups -OCH3 is 3. The standard InChI is InChI=1S/C21H22N2O5/c1-25-18-11-20(27-3)19(26-2)10-17(18)21(24)23(14-16-7-5-9-28-16)13-15-6-4-8-22-12-15/h4-12H,13-14H2,1-3H3. The maximum atomic E-state index is 13.4. The van der Waals surface area contributed by atoms with Crippen LogP contribution in [0.2, 0.25) is 0 Å². The SMILES string of the molecule is COc1cc(OC)c(C(=O)N(Cc2cccnc2)Cc2ccco2)cc1OC. The molecule has 7 nitrogen and oxygen atoms in total. The molecule has 28 heavy (non-hydrogen) atoms. The molecule has 1 amide bonds. The highest BCUT2D eigenvalue weighted by atomic mass is 16.5. The monoisotopic (exact) mass is 382 g/mol. The van der Waals surface area contributed by atoms with E-state index in [1.54, 1.807) is 41.8 Å². The second-order valence-electron chi connectivity index (χ2n) is 6.01. The highest BCUT2D eigenvalue weighted by Crippen LogP contribution is 2.35. The van der Waals surface area contributed by atoms with Crippen LogP contribution in [-0.2, 0) is 13.1 Å². The van der Waals surface area contributed by atoms with E-state index in [1.165, 1.54) is 21.3 Å². The van der Waals surface area contributed by atoms with E-state index in [-0.39, 0.29) is 5.91 Å². The number of hydrogen-bond acceptors (Lipinski definition) is 6. The van der Waals surface area contributed by atoms with Gasteiger partial charge in [-0.25, -0.2) is 0 Å². The first-order chi connectivity index (χ1) is 13.7. The molecule has 0 atom stereocenters. The Kier molecular flexibility index (Phi) is 6.16. The van der Waals surface area contributed by atoms with Crippen molar-refractivity contribution in [3.05, 3.63) is 71.9 Å². The summed E-state index contributed by atoms with van der Waals surface area (Å²) in [4.78, 5) is 19.2. The van der Waals surface area contributed by atoms with Gasteiger partial charge in [0, 0.05) is 31.1 Å². The Morgan fingerprint density at radius 3 is 2.36 bits per heavy atom. The Hall–Kier alpha value is -3.48. The summed E-state index contributed by atoms with van der Waals surface area (Å²) >= 11 is 0. The van der Waals surface area contributed by atoms with Crippen molar-refractivity contribution in [2.24, 2.45) is 0 Å². The number of ether oxygens (including phenoxy) is 3. The summed E-state index contributed by atoms with van der Waals surface area (Å²) in [6, 6.07) is 10.6. The van der Waals surface area contributed by atoms with E-state index in [0.29, 0.717) is 41.7 Å². The first kappa shape index (κ1) is 19.3. The summed E-state index contributed by atoms with van der Waals surface area (Å²) in [5, 5.41) is 0. The molecule has 0 unspecified atom stereocenters. The van der Waals surface area contributed by atoms with Gasteiger partial charge in [-0.1, -0.05) is 6.07 Å². The lowest BCUT2D eigenvalue weighted by molar-refractivity contribution is 0.0713. The zero-order chi connectivity index (χ0) is 19.9. The molecule has 3 aromatic rings. The average molecular weight is 382 g/mol. The van der Waals surface area contributed by atoms with Crippen LogP contribution in [0.3, 0.4) is 0 Å². The summed E-state index contributed by atoms with van der Waals surface area (Å²) in [6.45, 7) is 0.670. The van der Waals surface area contributed by atoms with Gasteiger partial charge in [-0.2, -0.15) is 0 Å². The third-order valence-corrected chi connectivity index (χ3v) is 4.25.